The SMILES string of the molecule is C[Si](C)(C)CCOCC1C[C@@H]2CC[C@H]1C2OC(F)F. The van der Waals surface area contributed by atoms with Crippen molar-refractivity contribution in [1.82, 2.24) is 0 Å². The van der Waals surface area contributed by atoms with Crippen LogP contribution in [-0.2, 0) is 9.47 Å². The van der Waals surface area contributed by atoms with Crippen LogP contribution in [0.25, 0.3) is 0 Å². The Morgan fingerprint density at radius 2 is 1.95 bits per heavy atom. The molecule has 112 valence electrons. The molecule has 5 heteroatoms. The van der Waals surface area contributed by atoms with Gasteiger partial charge in [0.05, 0.1) is 6.10 Å². The molecule has 19 heavy (non-hydrogen) atoms. The lowest BCUT2D eigenvalue weighted by Gasteiger charge is -2.23. The van der Waals surface area contributed by atoms with Gasteiger partial charge in [0, 0.05) is 21.3 Å². The summed E-state index contributed by atoms with van der Waals surface area (Å²) in [5.74, 6) is 1.07. The molecule has 2 aliphatic rings. The first kappa shape index (κ1) is 15.4. The van der Waals surface area contributed by atoms with Gasteiger partial charge in [-0.1, -0.05) is 19.6 Å². The lowest BCUT2D eigenvalue weighted by molar-refractivity contribution is -0.175. The van der Waals surface area contributed by atoms with E-state index in [1.807, 2.05) is 0 Å². The minimum atomic E-state index is -2.63. The van der Waals surface area contributed by atoms with E-state index in [0.29, 0.717) is 17.8 Å². The van der Waals surface area contributed by atoms with E-state index < -0.39 is 14.7 Å². The molecule has 0 heterocycles. The molecule has 2 rings (SSSR count). The minimum Gasteiger partial charge on any atom is -0.381 e. The molecule has 0 aromatic heterocycles. The topological polar surface area (TPSA) is 18.5 Å². The molecule has 4 atom stereocenters. The predicted molar refractivity (Wildman–Crippen MR) is 74.2 cm³/mol. The number of ether oxygens (including phenoxy) is 2. The average molecular weight is 292 g/mol. The maximum absolute atomic E-state index is 12.4. The second-order valence-corrected chi connectivity index (χ2v) is 12.9. The van der Waals surface area contributed by atoms with Gasteiger partial charge < -0.3 is 9.47 Å². The van der Waals surface area contributed by atoms with Gasteiger partial charge in [0.2, 0.25) is 0 Å². The van der Waals surface area contributed by atoms with Gasteiger partial charge >= 0.3 is 6.61 Å². The van der Waals surface area contributed by atoms with Gasteiger partial charge in [-0.05, 0) is 43.1 Å². The Morgan fingerprint density at radius 1 is 1.21 bits per heavy atom. The minimum absolute atomic E-state index is 0.217. The summed E-state index contributed by atoms with van der Waals surface area (Å²) in [5.41, 5.74) is 0. The Labute approximate surface area is 115 Å². The fourth-order valence-corrected chi connectivity index (χ4v) is 4.30. The van der Waals surface area contributed by atoms with E-state index in [4.69, 9.17) is 9.47 Å². The largest absolute Gasteiger partial charge is 0.381 e. The monoisotopic (exact) mass is 292 g/mol. The van der Waals surface area contributed by atoms with Crippen molar-refractivity contribution in [2.24, 2.45) is 17.8 Å². The van der Waals surface area contributed by atoms with Crippen molar-refractivity contribution in [1.29, 1.82) is 0 Å². The van der Waals surface area contributed by atoms with Crippen molar-refractivity contribution >= 4 is 8.07 Å². The zero-order chi connectivity index (χ0) is 14.0. The van der Waals surface area contributed by atoms with Crippen molar-refractivity contribution in [3.63, 3.8) is 0 Å². The van der Waals surface area contributed by atoms with Crippen LogP contribution in [0.15, 0.2) is 0 Å². The van der Waals surface area contributed by atoms with Crippen molar-refractivity contribution in [2.75, 3.05) is 13.2 Å². The summed E-state index contributed by atoms with van der Waals surface area (Å²) < 4.78 is 35.4. The highest BCUT2D eigenvalue weighted by atomic mass is 28.3. The summed E-state index contributed by atoms with van der Waals surface area (Å²) in [6, 6.07) is 1.17. The van der Waals surface area contributed by atoms with Crippen LogP contribution in [0.3, 0.4) is 0 Å². The van der Waals surface area contributed by atoms with Gasteiger partial charge in [0.25, 0.3) is 0 Å². The van der Waals surface area contributed by atoms with Gasteiger partial charge in [-0.15, -0.1) is 0 Å². The molecule has 0 N–H and O–H groups in total. The molecular weight excluding hydrogens is 266 g/mol. The van der Waals surface area contributed by atoms with Crippen molar-refractivity contribution in [3.05, 3.63) is 0 Å². The number of hydrogen-bond donors (Lipinski definition) is 0. The second-order valence-electron chi connectivity index (χ2n) is 7.24. The van der Waals surface area contributed by atoms with Gasteiger partial charge in [0.15, 0.2) is 0 Å². The third-order valence-electron chi connectivity index (χ3n) is 4.56. The molecule has 0 aromatic carbocycles. The number of halogens is 2. The molecule has 2 aliphatic carbocycles. The van der Waals surface area contributed by atoms with E-state index in [-0.39, 0.29) is 6.10 Å². The fraction of sp³-hybridized carbons (Fsp3) is 1.00. The van der Waals surface area contributed by atoms with Crippen LogP contribution in [0.1, 0.15) is 19.3 Å². The van der Waals surface area contributed by atoms with Crippen LogP contribution in [0.4, 0.5) is 8.78 Å². The predicted octanol–water partition coefficient (Wildman–Crippen LogP) is 4.00. The van der Waals surface area contributed by atoms with Gasteiger partial charge in [0.1, 0.15) is 0 Å². The molecule has 2 bridgehead atoms. The van der Waals surface area contributed by atoms with Crippen molar-refractivity contribution in [3.8, 4) is 0 Å². The lowest BCUT2D eigenvalue weighted by Crippen LogP contribution is -2.26. The summed E-state index contributed by atoms with van der Waals surface area (Å²) >= 11 is 0. The van der Waals surface area contributed by atoms with Crippen LogP contribution < -0.4 is 0 Å². The van der Waals surface area contributed by atoms with Crippen LogP contribution in [0, 0.1) is 17.8 Å². The Balaban J connectivity index is 1.72. The number of alkyl halides is 2. The van der Waals surface area contributed by atoms with Crippen molar-refractivity contribution in [2.45, 2.75) is 57.7 Å². The zero-order valence-electron chi connectivity index (χ0n) is 12.2. The summed E-state index contributed by atoms with van der Waals surface area (Å²) in [5, 5.41) is 0. The van der Waals surface area contributed by atoms with Gasteiger partial charge in [-0.25, -0.2) is 0 Å². The molecular formula is C14H26F2O2Si. The summed E-state index contributed by atoms with van der Waals surface area (Å²) in [6.07, 6.45) is 2.87. The smallest absolute Gasteiger partial charge is 0.345 e. The summed E-state index contributed by atoms with van der Waals surface area (Å²) in [7, 11) is -1.03. The normalized spacial score (nSPS) is 34.4. The van der Waals surface area contributed by atoms with Crippen LogP contribution in [0.2, 0.25) is 25.7 Å². The van der Waals surface area contributed by atoms with E-state index in [1.54, 1.807) is 0 Å². The van der Waals surface area contributed by atoms with Gasteiger partial charge in [-0.2, -0.15) is 8.78 Å². The third-order valence-corrected chi connectivity index (χ3v) is 6.26. The molecule has 2 unspecified atom stereocenters. The van der Waals surface area contributed by atoms with E-state index in [1.165, 1.54) is 6.04 Å². The molecule has 0 spiro atoms. The van der Waals surface area contributed by atoms with Crippen LogP contribution in [-0.4, -0.2) is 34.0 Å². The number of fused-ring (bicyclic) bond motifs is 2. The van der Waals surface area contributed by atoms with Crippen molar-refractivity contribution < 1.29 is 18.3 Å². The number of rotatable bonds is 7. The van der Waals surface area contributed by atoms with E-state index in [9.17, 15) is 8.78 Å². The molecule has 2 nitrogen and oxygen atoms in total. The molecule has 0 aliphatic heterocycles. The first-order valence-corrected chi connectivity index (χ1v) is 11.1. The third kappa shape index (κ3) is 4.23. The van der Waals surface area contributed by atoms with Crippen LogP contribution >= 0.6 is 0 Å². The van der Waals surface area contributed by atoms with E-state index in [0.717, 1.165) is 32.5 Å². The Morgan fingerprint density at radius 3 is 2.58 bits per heavy atom. The Hall–Kier alpha value is -0.00312. The maximum Gasteiger partial charge on any atom is 0.345 e. The highest BCUT2D eigenvalue weighted by Gasteiger charge is 2.49. The quantitative estimate of drug-likeness (QED) is 0.522. The molecule has 0 saturated heterocycles. The molecule has 2 fully saturated rings. The van der Waals surface area contributed by atoms with E-state index >= 15 is 0 Å². The van der Waals surface area contributed by atoms with Gasteiger partial charge in [-0.3, -0.25) is 0 Å². The molecule has 0 amide bonds. The average Bonchev–Trinajstić information content (AvgIpc) is 2.80. The maximum atomic E-state index is 12.4. The highest BCUT2D eigenvalue weighted by molar-refractivity contribution is 6.76. The summed E-state index contributed by atoms with van der Waals surface area (Å²) in [6.45, 7) is 5.93. The Bertz CT molecular complexity index is 294. The number of hydrogen-bond acceptors (Lipinski definition) is 2. The first-order valence-electron chi connectivity index (χ1n) is 7.38. The zero-order valence-corrected chi connectivity index (χ0v) is 13.2. The van der Waals surface area contributed by atoms with E-state index in [2.05, 4.69) is 19.6 Å². The highest BCUT2D eigenvalue weighted by Crippen LogP contribution is 2.50. The van der Waals surface area contributed by atoms with Crippen LogP contribution in [0.5, 0.6) is 0 Å². The lowest BCUT2D eigenvalue weighted by atomic mass is 9.89. The standard InChI is InChI=1S/C14H26F2O2Si/c1-19(2,3)7-6-17-9-11-8-10-4-5-12(11)13(10)18-14(15)16/h10-14H,4-9H2,1-3H3/t10-,11?,12+,13?/m0/s1. The Kier molecular flexibility index (Phi) is 5.01. The molecule has 2 saturated carbocycles. The molecule has 0 aromatic rings. The fourth-order valence-electron chi connectivity index (χ4n) is 3.54. The molecule has 0 radical (unpaired) electrons. The first-order chi connectivity index (χ1) is 8.87. The second kappa shape index (κ2) is 6.18. The summed E-state index contributed by atoms with van der Waals surface area (Å²) in [4.78, 5) is 0.